The minimum atomic E-state index is -0.187. The number of anilines is 1. The lowest BCUT2D eigenvalue weighted by molar-refractivity contribution is 0.243. The van der Waals surface area contributed by atoms with Crippen molar-refractivity contribution < 1.29 is 4.79 Å². The van der Waals surface area contributed by atoms with E-state index in [9.17, 15) is 4.79 Å². The molecule has 6 heteroatoms. The summed E-state index contributed by atoms with van der Waals surface area (Å²) in [5.74, 6) is 0.646. The van der Waals surface area contributed by atoms with E-state index in [1.165, 1.54) is 0 Å². The Bertz CT molecular complexity index is 391. The van der Waals surface area contributed by atoms with Crippen molar-refractivity contribution in [3.63, 3.8) is 0 Å². The fraction of sp³-hybridized carbons (Fsp3) is 0.636. The lowest BCUT2D eigenvalue weighted by Gasteiger charge is -2.20. The summed E-state index contributed by atoms with van der Waals surface area (Å²) in [7, 11) is 1.58. The largest absolute Gasteiger partial charge is 0.384 e. The number of nitrogens with two attached hydrogens (primary N) is 1. The third-order valence-electron chi connectivity index (χ3n) is 2.32. The summed E-state index contributed by atoms with van der Waals surface area (Å²) in [6.07, 6.45) is 0.667. The van der Waals surface area contributed by atoms with Gasteiger partial charge in [0.2, 0.25) is 0 Å². The van der Waals surface area contributed by atoms with Crippen LogP contribution < -0.4 is 16.4 Å². The number of amides is 2. The van der Waals surface area contributed by atoms with E-state index in [4.69, 9.17) is 5.73 Å². The van der Waals surface area contributed by atoms with Gasteiger partial charge >= 0.3 is 6.03 Å². The fourth-order valence-electron chi connectivity index (χ4n) is 1.50. The van der Waals surface area contributed by atoms with Crippen molar-refractivity contribution in [1.82, 2.24) is 20.4 Å². The van der Waals surface area contributed by atoms with Crippen LogP contribution in [0.5, 0.6) is 0 Å². The Morgan fingerprint density at radius 2 is 2.18 bits per heavy atom. The van der Waals surface area contributed by atoms with Gasteiger partial charge in [0, 0.05) is 26.1 Å². The molecule has 0 aliphatic heterocycles. The number of nitrogens with one attached hydrogen (secondary N) is 2. The van der Waals surface area contributed by atoms with Crippen molar-refractivity contribution in [2.45, 2.75) is 32.7 Å². The zero-order valence-electron chi connectivity index (χ0n) is 10.9. The van der Waals surface area contributed by atoms with E-state index < -0.39 is 0 Å². The van der Waals surface area contributed by atoms with Gasteiger partial charge in [0.1, 0.15) is 5.82 Å². The van der Waals surface area contributed by atoms with E-state index in [1.54, 1.807) is 11.7 Å². The summed E-state index contributed by atoms with van der Waals surface area (Å²) in [5.41, 5.74) is 6.64. The topological polar surface area (TPSA) is 85.0 Å². The van der Waals surface area contributed by atoms with Gasteiger partial charge in [-0.2, -0.15) is 5.10 Å². The lowest BCUT2D eigenvalue weighted by Crippen LogP contribution is -2.34. The predicted octanol–water partition coefficient (Wildman–Crippen LogP) is 0.692. The third kappa shape index (κ3) is 3.65. The van der Waals surface area contributed by atoms with Gasteiger partial charge in [0.05, 0.1) is 11.2 Å². The first kappa shape index (κ1) is 13.3. The molecule has 0 saturated heterocycles. The predicted molar refractivity (Wildman–Crippen MR) is 67.8 cm³/mol. The molecule has 1 aromatic heterocycles. The summed E-state index contributed by atoms with van der Waals surface area (Å²) in [4.78, 5) is 11.0. The Labute approximate surface area is 102 Å². The van der Waals surface area contributed by atoms with Crippen LogP contribution in [0.25, 0.3) is 0 Å². The standard InChI is InChI=1S/C11H21N5O/c1-11(2,3)16-9(12)7-8(15-16)5-6-14-10(17)13-4/h7H,5-6,12H2,1-4H3,(H2,13,14,17). The normalized spacial score (nSPS) is 11.3. The third-order valence-corrected chi connectivity index (χ3v) is 2.32. The van der Waals surface area contributed by atoms with Gasteiger partial charge in [-0.15, -0.1) is 0 Å². The highest BCUT2D eigenvalue weighted by Gasteiger charge is 2.17. The van der Waals surface area contributed by atoms with Crippen LogP contribution in [0.4, 0.5) is 10.6 Å². The van der Waals surface area contributed by atoms with Gasteiger partial charge in [-0.25, -0.2) is 9.48 Å². The molecule has 0 spiro atoms. The van der Waals surface area contributed by atoms with Crippen molar-refractivity contribution in [3.05, 3.63) is 11.8 Å². The number of rotatable bonds is 3. The second-order valence-electron chi connectivity index (χ2n) is 4.90. The first-order valence-corrected chi connectivity index (χ1v) is 5.65. The zero-order valence-corrected chi connectivity index (χ0v) is 10.9. The molecule has 0 aliphatic carbocycles. The number of carbonyl (C=O) groups is 1. The van der Waals surface area contributed by atoms with Gasteiger partial charge in [0.15, 0.2) is 0 Å². The molecule has 96 valence electrons. The van der Waals surface area contributed by atoms with Crippen LogP contribution in [0.3, 0.4) is 0 Å². The molecule has 0 aliphatic rings. The number of urea groups is 1. The Hall–Kier alpha value is -1.72. The number of carbonyl (C=O) groups excluding carboxylic acids is 1. The average molecular weight is 239 g/mol. The smallest absolute Gasteiger partial charge is 0.314 e. The van der Waals surface area contributed by atoms with Crippen molar-refractivity contribution in [2.24, 2.45) is 0 Å². The fourth-order valence-corrected chi connectivity index (χ4v) is 1.50. The molecule has 17 heavy (non-hydrogen) atoms. The molecule has 4 N–H and O–H groups in total. The molecule has 0 atom stereocenters. The molecule has 0 saturated carbocycles. The summed E-state index contributed by atoms with van der Waals surface area (Å²) in [5, 5.41) is 9.62. The van der Waals surface area contributed by atoms with Gasteiger partial charge in [-0.05, 0) is 20.8 Å². The van der Waals surface area contributed by atoms with Crippen LogP contribution >= 0.6 is 0 Å². The summed E-state index contributed by atoms with van der Waals surface area (Å²) in [6, 6.07) is 1.66. The van der Waals surface area contributed by atoms with Crippen molar-refractivity contribution in [2.75, 3.05) is 19.3 Å². The molecule has 1 heterocycles. The second-order valence-corrected chi connectivity index (χ2v) is 4.90. The quantitative estimate of drug-likeness (QED) is 0.725. The highest BCUT2D eigenvalue weighted by Crippen LogP contribution is 2.18. The van der Waals surface area contributed by atoms with Crippen molar-refractivity contribution >= 4 is 11.8 Å². The second kappa shape index (κ2) is 5.07. The summed E-state index contributed by atoms with van der Waals surface area (Å²) < 4.78 is 1.79. The van der Waals surface area contributed by atoms with Crippen molar-refractivity contribution in [3.8, 4) is 0 Å². The SMILES string of the molecule is CNC(=O)NCCc1cc(N)n(C(C)(C)C)n1. The van der Waals surface area contributed by atoms with Crippen LogP contribution in [0.1, 0.15) is 26.5 Å². The maximum Gasteiger partial charge on any atom is 0.314 e. The molecular formula is C11H21N5O. The van der Waals surface area contributed by atoms with E-state index in [0.717, 1.165) is 5.69 Å². The molecule has 0 aromatic carbocycles. The lowest BCUT2D eigenvalue weighted by atomic mass is 10.1. The number of aromatic nitrogens is 2. The first-order valence-electron chi connectivity index (χ1n) is 5.65. The Kier molecular flexibility index (Phi) is 3.98. The molecule has 6 nitrogen and oxygen atoms in total. The number of nitrogens with zero attached hydrogens (tertiary/aromatic N) is 2. The van der Waals surface area contributed by atoms with Crippen molar-refractivity contribution in [1.29, 1.82) is 0 Å². The number of hydrogen-bond donors (Lipinski definition) is 3. The minimum Gasteiger partial charge on any atom is -0.384 e. The van der Waals surface area contributed by atoms with Gasteiger partial charge in [-0.3, -0.25) is 0 Å². The van der Waals surface area contributed by atoms with Crippen LogP contribution in [-0.2, 0) is 12.0 Å². The van der Waals surface area contributed by atoms with E-state index >= 15 is 0 Å². The van der Waals surface area contributed by atoms with Crippen LogP contribution in [0.15, 0.2) is 6.07 Å². The molecule has 0 unspecified atom stereocenters. The first-order chi connectivity index (χ1) is 7.84. The zero-order chi connectivity index (χ0) is 13.1. The average Bonchev–Trinajstić information content (AvgIpc) is 2.59. The number of hydrogen-bond acceptors (Lipinski definition) is 3. The highest BCUT2D eigenvalue weighted by atomic mass is 16.2. The molecule has 0 radical (unpaired) electrons. The molecule has 1 rings (SSSR count). The van der Waals surface area contributed by atoms with Gasteiger partial charge < -0.3 is 16.4 Å². The van der Waals surface area contributed by atoms with E-state index in [0.29, 0.717) is 18.8 Å². The molecule has 0 fully saturated rings. The maximum absolute atomic E-state index is 11.0. The minimum absolute atomic E-state index is 0.128. The summed E-state index contributed by atoms with van der Waals surface area (Å²) >= 11 is 0. The van der Waals surface area contributed by atoms with E-state index in [1.807, 2.05) is 26.8 Å². The monoisotopic (exact) mass is 239 g/mol. The molecule has 2 amide bonds. The molecule has 1 aromatic rings. The Morgan fingerprint density at radius 3 is 2.65 bits per heavy atom. The van der Waals surface area contributed by atoms with Crippen LogP contribution in [-0.4, -0.2) is 29.4 Å². The molecular weight excluding hydrogens is 218 g/mol. The Balaban J connectivity index is 2.59. The summed E-state index contributed by atoms with van der Waals surface area (Å²) in [6.45, 7) is 6.68. The van der Waals surface area contributed by atoms with Crippen LogP contribution in [0.2, 0.25) is 0 Å². The van der Waals surface area contributed by atoms with E-state index in [2.05, 4.69) is 15.7 Å². The number of nitrogen functional groups attached to an aromatic ring is 1. The molecule has 0 bridgehead atoms. The highest BCUT2D eigenvalue weighted by molar-refractivity contribution is 5.73. The maximum atomic E-state index is 11.0. The van der Waals surface area contributed by atoms with E-state index in [-0.39, 0.29) is 11.6 Å². The van der Waals surface area contributed by atoms with Gasteiger partial charge in [0.25, 0.3) is 0 Å². The van der Waals surface area contributed by atoms with Crippen LogP contribution in [0, 0.1) is 0 Å². The van der Waals surface area contributed by atoms with Gasteiger partial charge in [-0.1, -0.05) is 0 Å². The Morgan fingerprint density at radius 1 is 1.53 bits per heavy atom.